The zero-order valence-corrected chi connectivity index (χ0v) is 12.5. The van der Waals surface area contributed by atoms with Crippen molar-refractivity contribution in [3.63, 3.8) is 0 Å². The molecule has 0 saturated carbocycles. The van der Waals surface area contributed by atoms with Crippen molar-refractivity contribution in [2.24, 2.45) is 0 Å². The molecule has 19 heavy (non-hydrogen) atoms. The number of rotatable bonds is 5. The molecule has 1 N–H and O–H groups in total. The first kappa shape index (κ1) is 15.1. The lowest BCUT2D eigenvalue weighted by atomic mass is 9.99. The van der Waals surface area contributed by atoms with Gasteiger partial charge in [-0.3, -0.25) is 0 Å². The Hall–Kier alpha value is -0.280. The number of halogens is 2. The van der Waals surface area contributed by atoms with E-state index in [9.17, 15) is 5.11 Å². The van der Waals surface area contributed by atoms with Crippen LogP contribution in [0.3, 0.4) is 0 Å². The summed E-state index contributed by atoms with van der Waals surface area (Å²) in [5.74, 6) is 0. The zero-order valence-electron chi connectivity index (χ0n) is 10.9. The molecule has 1 saturated heterocycles. The van der Waals surface area contributed by atoms with Crippen molar-refractivity contribution in [3.05, 3.63) is 33.8 Å². The minimum absolute atomic E-state index is 0.318. The van der Waals surface area contributed by atoms with Crippen molar-refractivity contribution >= 4 is 23.2 Å². The molecule has 2 nitrogen and oxygen atoms in total. The Kier molecular flexibility index (Phi) is 5.96. The van der Waals surface area contributed by atoms with Gasteiger partial charge in [-0.15, -0.1) is 0 Å². The number of aliphatic hydroxyl groups excluding tert-OH is 1. The molecular weight excluding hydrogens is 283 g/mol. The highest BCUT2D eigenvalue weighted by atomic mass is 35.5. The first-order valence-electron chi connectivity index (χ1n) is 6.89. The van der Waals surface area contributed by atoms with E-state index >= 15 is 0 Å². The maximum absolute atomic E-state index is 10.1. The van der Waals surface area contributed by atoms with Crippen LogP contribution in [0.2, 0.25) is 10.0 Å². The Morgan fingerprint density at radius 3 is 2.89 bits per heavy atom. The van der Waals surface area contributed by atoms with Crippen LogP contribution >= 0.6 is 23.2 Å². The molecule has 0 spiro atoms. The summed E-state index contributed by atoms with van der Waals surface area (Å²) in [4.78, 5) is 0. The quantitative estimate of drug-likeness (QED) is 0.881. The van der Waals surface area contributed by atoms with Gasteiger partial charge in [0.25, 0.3) is 0 Å². The van der Waals surface area contributed by atoms with Gasteiger partial charge in [-0.25, -0.2) is 0 Å². The molecule has 0 aromatic heterocycles. The smallest absolute Gasteiger partial charge is 0.0582 e. The summed E-state index contributed by atoms with van der Waals surface area (Å²) < 4.78 is 5.66. The van der Waals surface area contributed by atoms with Crippen LogP contribution in [0.5, 0.6) is 0 Å². The van der Waals surface area contributed by atoms with E-state index in [1.54, 1.807) is 12.1 Å². The number of ether oxygens (including phenoxy) is 1. The number of benzene rings is 1. The monoisotopic (exact) mass is 302 g/mol. The van der Waals surface area contributed by atoms with Crippen LogP contribution in [0.15, 0.2) is 18.2 Å². The Morgan fingerprint density at radius 2 is 2.16 bits per heavy atom. The van der Waals surface area contributed by atoms with Gasteiger partial charge in [-0.05, 0) is 62.3 Å². The van der Waals surface area contributed by atoms with Crippen molar-refractivity contribution in [1.29, 1.82) is 0 Å². The molecule has 4 heteroatoms. The fraction of sp³-hybridized carbons (Fsp3) is 0.600. The summed E-state index contributed by atoms with van der Waals surface area (Å²) in [5.41, 5.74) is 0.909. The summed E-state index contributed by atoms with van der Waals surface area (Å²) in [6.07, 6.45) is 5.65. The van der Waals surface area contributed by atoms with E-state index in [1.165, 1.54) is 6.42 Å². The van der Waals surface area contributed by atoms with Gasteiger partial charge in [0.1, 0.15) is 0 Å². The molecule has 1 fully saturated rings. The molecule has 2 atom stereocenters. The highest BCUT2D eigenvalue weighted by molar-refractivity contribution is 6.33. The minimum Gasteiger partial charge on any atom is -0.393 e. The van der Waals surface area contributed by atoms with E-state index in [0.717, 1.165) is 37.9 Å². The lowest BCUT2D eigenvalue weighted by Crippen LogP contribution is -2.21. The van der Waals surface area contributed by atoms with Crippen LogP contribution in [0.25, 0.3) is 0 Å². The van der Waals surface area contributed by atoms with Crippen molar-refractivity contribution in [2.75, 3.05) is 6.61 Å². The highest BCUT2D eigenvalue weighted by Gasteiger charge is 2.16. The van der Waals surface area contributed by atoms with Crippen LogP contribution in [-0.4, -0.2) is 23.9 Å². The Labute approximate surface area is 124 Å². The highest BCUT2D eigenvalue weighted by Crippen LogP contribution is 2.24. The third-order valence-corrected chi connectivity index (χ3v) is 4.16. The lowest BCUT2D eigenvalue weighted by Gasteiger charge is -2.23. The molecule has 0 aliphatic carbocycles. The fourth-order valence-corrected chi connectivity index (χ4v) is 2.86. The maximum Gasteiger partial charge on any atom is 0.0582 e. The van der Waals surface area contributed by atoms with Crippen molar-refractivity contribution in [3.8, 4) is 0 Å². The summed E-state index contributed by atoms with van der Waals surface area (Å²) in [7, 11) is 0. The van der Waals surface area contributed by atoms with Crippen molar-refractivity contribution in [2.45, 2.75) is 50.7 Å². The second-order valence-electron chi connectivity index (χ2n) is 5.16. The van der Waals surface area contributed by atoms with E-state index in [4.69, 9.17) is 27.9 Å². The Morgan fingerprint density at radius 1 is 1.32 bits per heavy atom. The molecule has 1 aromatic carbocycles. The van der Waals surface area contributed by atoms with E-state index in [1.807, 2.05) is 6.07 Å². The first-order chi connectivity index (χ1) is 9.15. The van der Waals surface area contributed by atoms with E-state index in [2.05, 4.69) is 0 Å². The molecular formula is C15H20Cl2O2. The summed E-state index contributed by atoms with van der Waals surface area (Å²) >= 11 is 12.0. The predicted molar refractivity (Wildman–Crippen MR) is 79.0 cm³/mol. The van der Waals surface area contributed by atoms with Crippen LogP contribution in [0, 0.1) is 0 Å². The van der Waals surface area contributed by atoms with Crippen LogP contribution in [-0.2, 0) is 11.2 Å². The molecule has 0 amide bonds. The third kappa shape index (κ3) is 4.96. The average Bonchev–Trinajstić information content (AvgIpc) is 2.42. The zero-order chi connectivity index (χ0) is 13.7. The minimum atomic E-state index is -0.388. The second-order valence-corrected chi connectivity index (χ2v) is 6.00. The van der Waals surface area contributed by atoms with Crippen molar-refractivity contribution < 1.29 is 9.84 Å². The standard InChI is InChI=1S/C15H20Cl2O2/c16-12-4-7-15(17)11(9-12)10-13(18)5-6-14-3-1-2-8-19-14/h4,7,9,13-14,18H,1-3,5-6,8,10H2. The maximum atomic E-state index is 10.1. The normalized spacial score (nSPS) is 21.3. The van der Waals surface area contributed by atoms with Gasteiger partial charge in [0.05, 0.1) is 12.2 Å². The molecule has 1 aliphatic rings. The molecule has 0 bridgehead atoms. The van der Waals surface area contributed by atoms with Gasteiger partial charge < -0.3 is 9.84 Å². The van der Waals surface area contributed by atoms with Gasteiger partial charge >= 0.3 is 0 Å². The van der Waals surface area contributed by atoms with Crippen LogP contribution < -0.4 is 0 Å². The number of hydrogen-bond acceptors (Lipinski definition) is 2. The molecule has 106 valence electrons. The van der Waals surface area contributed by atoms with Crippen LogP contribution in [0.4, 0.5) is 0 Å². The summed E-state index contributed by atoms with van der Waals surface area (Å²) in [6, 6.07) is 5.36. The second kappa shape index (κ2) is 7.49. The molecule has 1 aliphatic heterocycles. The molecule has 1 heterocycles. The SMILES string of the molecule is OC(CCC1CCCCO1)Cc1cc(Cl)ccc1Cl. The van der Waals surface area contributed by atoms with E-state index in [0.29, 0.717) is 22.6 Å². The lowest BCUT2D eigenvalue weighted by molar-refractivity contribution is 0.00234. The predicted octanol–water partition coefficient (Wildman–Crippen LogP) is 4.25. The van der Waals surface area contributed by atoms with Crippen LogP contribution in [0.1, 0.15) is 37.7 Å². The van der Waals surface area contributed by atoms with E-state index < -0.39 is 0 Å². The molecule has 2 unspecified atom stereocenters. The summed E-state index contributed by atoms with van der Waals surface area (Å²) in [6.45, 7) is 0.862. The third-order valence-electron chi connectivity index (χ3n) is 3.56. The number of aliphatic hydroxyl groups is 1. The van der Waals surface area contributed by atoms with E-state index in [-0.39, 0.29) is 6.10 Å². The Balaban J connectivity index is 1.80. The van der Waals surface area contributed by atoms with Gasteiger partial charge in [-0.1, -0.05) is 23.2 Å². The van der Waals surface area contributed by atoms with Gasteiger partial charge in [-0.2, -0.15) is 0 Å². The average molecular weight is 303 g/mol. The molecule has 0 radical (unpaired) electrons. The topological polar surface area (TPSA) is 29.5 Å². The fourth-order valence-electron chi connectivity index (χ4n) is 2.47. The van der Waals surface area contributed by atoms with Crippen molar-refractivity contribution in [1.82, 2.24) is 0 Å². The number of hydrogen-bond donors (Lipinski definition) is 1. The Bertz CT molecular complexity index is 403. The van der Waals surface area contributed by atoms with Gasteiger partial charge in [0.15, 0.2) is 0 Å². The largest absolute Gasteiger partial charge is 0.393 e. The first-order valence-corrected chi connectivity index (χ1v) is 7.64. The van der Waals surface area contributed by atoms with Gasteiger partial charge in [0.2, 0.25) is 0 Å². The molecule has 2 rings (SSSR count). The summed E-state index contributed by atoms with van der Waals surface area (Å²) in [5, 5.41) is 11.4. The molecule has 1 aromatic rings. The van der Waals surface area contributed by atoms with Gasteiger partial charge in [0, 0.05) is 16.7 Å².